The van der Waals surface area contributed by atoms with Gasteiger partial charge < -0.3 is 24.4 Å². The Morgan fingerprint density at radius 1 is 1.24 bits per heavy atom. The maximum atomic E-state index is 14.5. The first kappa shape index (κ1) is 29.4. The third-order valence-corrected chi connectivity index (χ3v) is 10.9. The molecule has 0 aromatic carbocycles. The van der Waals surface area contributed by atoms with Crippen molar-refractivity contribution in [2.24, 2.45) is 17.8 Å². The average Bonchev–Trinajstić information content (AvgIpc) is 3.50. The monoisotopic (exact) mass is 551 g/mol. The van der Waals surface area contributed by atoms with Gasteiger partial charge in [0.2, 0.25) is 11.8 Å². The number of aliphatic hydroxyl groups excluding tert-OH is 1. The van der Waals surface area contributed by atoms with Gasteiger partial charge in [0, 0.05) is 51.1 Å². The summed E-state index contributed by atoms with van der Waals surface area (Å²) < 4.78 is 10.3. The molecule has 10 heteroatoms. The Balaban J connectivity index is 1.61. The maximum absolute atomic E-state index is 14.5. The number of likely N-dealkylation sites (tertiary alicyclic amines) is 1. The van der Waals surface area contributed by atoms with Crippen LogP contribution < -0.4 is 0 Å². The van der Waals surface area contributed by atoms with E-state index in [1.807, 2.05) is 4.90 Å². The smallest absolute Gasteiger partial charge is 0.310 e. The van der Waals surface area contributed by atoms with E-state index in [9.17, 15) is 14.4 Å². The molecule has 214 valence electrons. The zero-order valence-corrected chi connectivity index (χ0v) is 23.8. The topological polar surface area (TPSA) is 99.6 Å². The largest absolute Gasteiger partial charge is 0.466 e. The molecule has 2 bridgehead atoms. The molecule has 4 heterocycles. The fourth-order valence-electron chi connectivity index (χ4n) is 7.00. The summed E-state index contributed by atoms with van der Waals surface area (Å²) in [5.74, 6) is -1.31. The van der Waals surface area contributed by atoms with Crippen molar-refractivity contribution in [1.82, 2.24) is 14.7 Å². The molecule has 9 nitrogen and oxygen atoms in total. The Morgan fingerprint density at radius 2 is 1.97 bits per heavy atom. The Bertz CT molecular complexity index is 868. The van der Waals surface area contributed by atoms with Crippen LogP contribution in [-0.4, -0.2) is 119 Å². The van der Waals surface area contributed by atoms with E-state index in [0.717, 1.165) is 51.7 Å². The standard InChI is InChI=1S/C28H45N3O6S/c1-4-10-30(13-12-29-14-17-36-18-15-29)26(34)24-28-20(3)19-21(38-28)22(27(35)37-5-2)23(28)25(33)31(24)11-8-6-7-9-16-32/h4,20-24,32H,1,5-19H2,2-3H3/t20?,21-,22+,23-,24?,28?/m0/s1. The Morgan fingerprint density at radius 3 is 2.66 bits per heavy atom. The number of fused-ring (bicyclic) bond motifs is 1. The molecule has 2 amide bonds. The van der Waals surface area contributed by atoms with E-state index in [0.29, 0.717) is 32.8 Å². The lowest BCUT2D eigenvalue weighted by Crippen LogP contribution is -2.58. The van der Waals surface area contributed by atoms with E-state index in [1.165, 1.54) is 0 Å². The van der Waals surface area contributed by atoms with Gasteiger partial charge in [-0.05, 0) is 32.1 Å². The van der Waals surface area contributed by atoms with E-state index in [1.54, 1.807) is 29.7 Å². The minimum absolute atomic E-state index is 0.00112. The molecule has 0 aliphatic carbocycles. The molecular formula is C28H45N3O6S. The highest BCUT2D eigenvalue weighted by molar-refractivity contribution is 8.02. The van der Waals surface area contributed by atoms with Gasteiger partial charge in [0.1, 0.15) is 6.04 Å². The first-order chi connectivity index (χ1) is 18.4. The molecule has 0 aromatic rings. The summed E-state index contributed by atoms with van der Waals surface area (Å²) in [5.41, 5.74) is 0. The number of esters is 1. The molecule has 1 spiro atoms. The first-order valence-corrected chi connectivity index (χ1v) is 15.2. The third kappa shape index (κ3) is 5.51. The quantitative estimate of drug-likeness (QED) is 0.198. The lowest BCUT2D eigenvalue weighted by Gasteiger charge is -2.41. The zero-order valence-electron chi connectivity index (χ0n) is 23.0. The molecule has 4 rings (SSSR count). The van der Waals surface area contributed by atoms with Crippen LogP contribution in [0, 0.1) is 17.8 Å². The molecule has 0 aromatic heterocycles. The van der Waals surface area contributed by atoms with Gasteiger partial charge in [0.15, 0.2) is 0 Å². The molecule has 3 unspecified atom stereocenters. The number of rotatable bonds is 14. The van der Waals surface area contributed by atoms with Crippen LogP contribution in [0.25, 0.3) is 0 Å². The number of ether oxygens (including phenoxy) is 2. The van der Waals surface area contributed by atoms with Crippen molar-refractivity contribution in [3.05, 3.63) is 12.7 Å². The van der Waals surface area contributed by atoms with Crippen molar-refractivity contribution in [3.8, 4) is 0 Å². The van der Waals surface area contributed by atoms with Gasteiger partial charge >= 0.3 is 5.97 Å². The number of morpholine rings is 1. The Kier molecular flexibility index (Phi) is 10.2. The molecule has 1 N–H and O–H groups in total. The summed E-state index contributed by atoms with van der Waals surface area (Å²) >= 11 is 1.70. The second kappa shape index (κ2) is 13.2. The van der Waals surface area contributed by atoms with Crippen LogP contribution in [0.1, 0.15) is 46.0 Å². The van der Waals surface area contributed by atoms with Crippen LogP contribution >= 0.6 is 11.8 Å². The van der Waals surface area contributed by atoms with Crippen molar-refractivity contribution in [2.45, 2.75) is 62.0 Å². The van der Waals surface area contributed by atoms with Crippen LogP contribution in [0.2, 0.25) is 0 Å². The number of carbonyl (C=O) groups excluding carboxylic acids is 3. The van der Waals surface area contributed by atoms with Crippen LogP contribution in [0.3, 0.4) is 0 Å². The number of hydrogen-bond acceptors (Lipinski definition) is 8. The molecule has 0 radical (unpaired) electrons. The normalized spacial score (nSPS) is 32.4. The van der Waals surface area contributed by atoms with Gasteiger partial charge in [-0.15, -0.1) is 18.3 Å². The Hall–Kier alpha value is -1.62. The van der Waals surface area contributed by atoms with Crippen LogP contribution in [0.5, 0.6) is 0 Å². The fourth-order valence-corrected chi connectivity index (χ4v) is 9.40. The molecule has 4 fully saturated rings. The van der Waals surface area contributed by atoms with Gasteiger partial charge in [0.25, 0.3) is 0 Å². The van der Waals surface area contributed by atoms with Gasteiger partial charge in [-0.25, -0.2) is 0 Å². The van der Waals surface area contributed by atoms with E-state index in [2.05, 4.69) is 18.4 Å². The van der Waals surface area contributed by atoms with Gasteiger partial charge in [-0.3, -0.25) is 19.3 Å². The maximum Gasteiger partial charge on any atom is 0.310 e. The van der Waals surface area contributed by atoms with Gasteiger partial charge in [-0.1, -0.05) is 25.8 Å². The van der Waals surface area contributed by atoms with E-state index >= 15 is 0 Å². The predicted molar refractivity (Wildman–Crippen MR) is 147 cm³/mol. The van der Waals surface area contributed by atoms with E-state index < -0.39 is 22.6 Å². The van der Waals surface area contributed by atoms with Crippen LogP contribution in [0.4, 0.5) is 0 Å². The van der Waals surface area contributed by atoms with Crippen molar-refractivity contribution in [3.63, 3.8) is 0 Å². The predicted octanol–water partition coefficient (Wildman–Crippen LogP) is 1.79. The number of hydrogen-bond donors (Lipinski definition) is 1. The molecule has 4 saturated heterocycles. The minimum Gasteiger partial charge on any atom is -0.466 e. The lowest BCUT2D eigenvalue weighted by molar-refractivity contribution is -0.154. The number of amides is 2. The highest BCUT2D eigenvalue weighted by atomic mass is 32.2. The number of carbonyl (C=O) groups is 3. The summed E-state index contributed by atoms with van der Waals surface area (Å²) in [6.07, 6.45) is 5.82. The summed E-state index contributed by atoms with van der Waals surface area (Å²) in [5, 5.41) is 9.15. The van der Waals surface area contributed by atoms with Crippen LogP contribution in [0.15, 0.2) is 12.7 Å². The number of unbranched alkanes of at least 4 members (excludes halogenated alkanes) is 3. The van der Waals surface area contributed by atoms with Crippen molar-refractivity contribution >= 4 is 29.5 Å². The number of thioether (sulfide) groups is 1. The highest BCUT2D eigenvalue weighted by Gasteiger charge is 2.76. The number of nitrogens with zero attached hydrogens (tertiary/aromatic N) is 3. The van der Waals surface area contributed by atoms with E-state index in [4.69, 9.17) is 14.6 Å². The van der Waals surface area contributed by atoms with Crippen molar-refractivity contribution < 1.29 is 29.0 Å². The lowest BCUT2D eigenvalue weighted by atomic mass is 9.66. The molecule has 4 aliphatic rings. The third-order valence-electron chi connectivity index (χ3n) is 8.80. The molecule has 6 atom stereocenters. The first-order valence-electron chi connectivity index (χ1n) is 14.4. The molecule has 0 saturated carbocycles. The zero-order chi connectivity index (χ0) is 27.3. The van der Waals surface area contributed by atoms with Gasteiger partial charge in [0.05, 0.1) is 36.4 Å². The van der Waals surface area contributed by atoms with E-state index in [-0.39, 0.29) is 42.2 Å². The van der Waals surface area contributed by atoms with Gasteiger partial charge in [-0.2, -0.15) is 0 Å². The van der Waals surface area contributed by atoms with Crippen LogP contribution in [-0.2, 0) is 23.9 Å². The van der Waals surface area contributed by atoms with Crippen molar-refractivity contribution in [2.75, 3.05) is 65.7 Å². The SMILES string of the molecule is C=CCN(CCN1CCOCC1)C(=O)C1N(CCCCCCO)C(=O)[C@@H]2[C@H](C(=O)OCC)[C@@H]3CC(C)C12S3. The van der Waals surface area contributed by atoms with Crippen molar-refractivity contribution in [1.29, 1.82) is 0 Å². The average molecular weight is 552 g/mol. The minimum atomic E-state index is -0.625. The molecular weight excluding hydrogens is 506 g/mol. The highest BCUT2D eigenvalue weighted by Crippen LogP contribution is 2.68. The summed E-state index contributed by atoms with van der Waals surface area (Å²) in [7, 11) is 0. The summed E-state index contributed by atoms with van der Waals surface area (Å²) in [6.45, 7) is 13.6. The second-order valence-corrected chi connectivity index (χ2v) is 12.5. The summed E-state index contributed by atoms with van der Waals surface area (Å²) in [4.78, 5) is 47.6. The second-order valence-electron chi connectivity index (χ2n) is 11.0. The number of aliphatic hydroxyl groups is 1. The molecule has 4 aliphatic heterocycles. The molecule has 38 heavy (non-hydrogen) atoms. The Labute approximate surface area is 231 Å². The fraction of sp³-hybridized carbons (Fsp3) is 0.821. The summed E-state index contributed by atoms with van der Waals surface area (Å²) in [6, 6.07) is -0.605.